The van der Waals surface area contributed by atoms with E-state index in [1.165, 1.54) is 0 Å². The van der Waals surface area contributed by atoms with Gasteiger partial charge in [-0.25, -0.2) is 4.79 Å². The zero-order valence-electron chi connectivity index (χ0n) is 12.1. The lowest BCUT2D eigenvalue weighted by atomic mass is 9.90. The smallest absolute Gasteiger partial charge is 0.355 e. The fourth-order valence-corrected chi connectivity index (χ4v) is 1.51. The van der Waals surface area contributed by atoms with E-state index < -0.39 is 24.0 Å². The third-order valence-electron chi connectivity index (χ3n) is 3.27. The summed E-state index contributed by atoms with van der Waals surface area (Å²) in [5, 5.41) is 11.7. The van der Waals surface area contributed by atoms with Crippen LogP contribution in [0.3, 0.4) is 0 Å². The number of nitriles is 1. The lowest BCUT2D eigenvalue weighted by Gasteiger charge is -2.27. The number of carbonyl (C=O) groups is 2. The van der Waals surface area contributed by atoms with Gasteiger partial charge in [0.1, 0.15) is 11.2 Å². The highest BCUT2D eigenvalue weighted by molar-refractivity contribution is 5.90. The summed E-state index contributed by atoms with van der Waals surface area (Å²) in [4.78, 5) is 23.4. The summed E-state index contributed by atoms with van der Waals surface area (Å²) in [5.41, 5.74) is -0.612. The first-order valence-corrected chi connectivity index (χ1v) is 6.31. The van der Waals surface area contributed by atoms with Crippen molar-refractivity contribution in [1.82, 2.24) is 9.88 Å². The summed E-state index contributed by atoms with van der Waals surface area (Å²) in [5.74, 6) is -1.12. The minimum atomic E-state index is -0.978. The van der Waals surface area contributed by atoms with E-state index in [-0.39, 0.29) is 5.92 Å². The monoisotopic (exact) mass is 277 g/mol. The number of ether oxygens (including phenoxy) is 1. The Bertz CT molecular complexity index is 542. The van der Waals surface area contributed by atoms with Crippen LogP contribution in [0.15, 0.2) is 18.3 Å². The van der Waals surface area contributed by atoms with Crippen LogP contribution >= 0.6 is 0 Å². The Morgan fingerprint density at radius 2 is 2.20 bits per heavy atom. The van der Waals surface area contributed by atoms with Crippen LogP contribution in [0.2, 0.25) is 0 Å². The molecule has 0 unspecified atom stereocenters. The fraction of sp³-hybridized carbons (Fsp3) is 0.500. The van der Waals surface area contributed by atoms with Crippen LogP contribution in [0.5, 0.6) is 0 Å². The van der Waals surface area contributed by atoms with Crippen LogP contribution in [0.4, 0.5) is 0 Å². The van der Waals surface area contributed by atoms with Gasteiger partial charge in [0.15, 0.2) is 6.61 Å². The Hall–Kier alpha value is -2.29. The number of aryl methyl sites for hydroxylation is 1. The summed E-state index contributed by atoms with van der Waals surface area (Å²) >= 11 is 0. The zero-order chi connectivity index (χ0) is 15.3. The minimum Gasteiger partial charge on any atom is -0.451 e. The van der Waals surface area contributed by atoms with E-state index in [1.54, 1.807) is 36.9 Å². The van der Waals surface area contributed by atoms with Crippen molar-refractivity contribution in [3.63, 3.8) is 0 Å². The Morgan fingerprint density at radius 1 is 1.55 bits per heavy atom. The van der Waals surface area contributed by atoms with Gasteiger partial charge < -0.3 is 14.6 Å². The molecule has 0 saturated heterocycles. The number of nitrogens with one attached hydrogen (secondary N) is 1. The number of rotatable bonds is 5. The molecule has 1 N–H and O–H groups in total. The molecule has 0 saturated carbocycles. The zero-order valence-corrected chi connectivity index (χ0v) is 12.1. The molecule has 1 atom stereocenters. The van der Waals surface area contributed by atoms with E-state index in [2.05, 4.69) is 11.4 Å². The molecule has 1 rings (SSSR count). The third kappa shape index (κ3) is 3.60. The maximum absolute atomic E-state index is 11.7. The molecule has 1 heterocycles. The number of aromatic nitrogens is 1. The Balaban J connectivity index is 2.55. The lowest BCUT2D eigenvalue weighted by Crippen LogP contribution is -2.50. The average molecular weight is 277 g/mol. The molecule has 0 aliphatic carbocycles. The second-order valence-electron chi connectivity index (χ2n) is 5.10. The highest BCUT2D eigenvalue weighted by Crippen LogP contribution is 2.14. The molecule has 6 nitrogen and oxygen atoms in total. The maximum atomic E-state index is 11.7. The maximum Gasteiger partial charge on any atom is 0.355 e. The van der Waals surface area contributed by atoms with Gasteiger partial charge in [-0.15, -0.1) is 0 Å². The van der Waals surface area contributed by atoms with Crippen molar-refractivity contribution in [2.75, 3.05) is 6.61 Å². The Kier molecular flexibility index (Phi) is 4.92. The molecule has 1 aromatic rings. The van der Waals surface area contributed by atoms with Crippen molar-refractivity contribution >= 4 is 11.9 Å². The molecular weight excluding hydrogens is 258 g/mol. The largest absolute Gasteiger partial charge is 0.451 e. The summed E-state index contributed by atoms with van der Waals surface area (Å²) in [6.07, 6.45) is 1.71. The van der Waals surface area contributed by atoms with Crippen molar-refractivity contribution < 1.29 is 14.3 Å². The van der Waals surface area contributed by atoms with Gasteiger partial charge in [0.25, 0.3) is 5.91 Å². The highest BCUT2D eigenvalue weighted by atomic mass is 16.5. The quantitative estimate of drug-likeness (QED) is 0.821. The third-order valence-corrected chi connectivity index (χ3v) is 3.27. The van der Waals surface area contributed by atoms with Crippen LogP contribution in [-0.2, 0) is 16.6 Å². The lowest BCUT2D eigenvalue weighted by molar-refractivity contribution is -0.125. The second kappa shape index (κ2) is 6.24. The van der Waals surface area contributed by atoms with Crippen molar-refractivity contribution in [2.45, 2.75) is 26.3 Å². The molecule has 1 aromatic heterocycles. The van der Waals surface area contributed by atoms with E-state index >= 15 is 0 Å². The molecule has 0 aliphatic heterocycles. The van der Waals surface area contributed by atoms with Crippen LogP contribution < -0.4 is 5.32 Å². The normalized spacial score (nSPS) is 13.4. The summed E-state index contributed by atoms with van der Waals surface area (Å²) in [6.45, 7) is 4.89. The van der Waals surface area contributed by atoms with Gasteiger partial charge in [-0.2, -0.15) is 5.26 Å². The summed E-state index contributed by atoms with van der Waals surface area (Å²) in [7, 11) is 1.71. The molecule has 6 heteroatoms. The molecule has 1 amide bonds. The van der Waals surface area contributed by atoms with Gasteiger partial charge in [-0.1, -0.05) is 13.8 Å². The van der Waals surface area contributed by atoms with Crippen molar-refractivity contribution in [1.29, 1.82) is 5.26 Å². The van der Waals surface area contributed by atoms with Gasteiger partial charge in [0, 0.05) is 13.2 Å². The molecule has 0 spiro atoms. The Morgan fingerprint density at radius 3 is 2.65 bits per heavy atom. The minimum absolute atomic E-state index is 0.0555. The number of nitrogens with zero attached hydrogens (tertiary/aromatic N) is 2. The van der Waals surface area contributed by atoms with Crippen molar-refractivity contribution in [3.8, 4) is 6.07 Å². The van der Waals surface area contributed by atoms with E-state index in [4.69, 9.17) is 10.00 Å². The number of hydrogen-bond donors (Lipinski definition) is 1. The second-order valence-corrected chi connectivity index (χ2v) is 5.10. The van der Waals surface area contributed by atoms with E-state index in [9.17, 15) is 9.59 Å². The predicted octanol–water partition coefficient (Wildman–Crippen LogP) is 1.24. The molecule has 0 bridgehead atoms. The van der Waals surface area contributed by atoms with E-state index in [0.29, 0.717) is 5.69 Å². The van der Waals surface area contributed by atoms with Gasteiger partial charge in [-0.3, -0.25) is 4.79 Å². The molecular formula is C14H19N3O3. The first-order valence-electron chi connectivity index (χ1n) is 6.31. The fourth-order valence-electron chi connectivity index (χ4n) is 1.51. The predicted molar refractivity (Wildman–Crippen MR) is 72.7 cm³/mol. The van der Waals surface area contributed by atoms with Crippen molar-refractivity contribution in [2.24, 2.45) is 13.0 Å². The number of hydrogen-bond acceptors (Lipinski definition) is 4. The van der Waals surface area contributed by atoms with Gasteiger partial charge in [0.2, 0.25) is 0 Å². The van der Waals surface area contributed by atoms with Crippen LogP contribution in [0.1, 0.15) is 31.3 Å². The van der Waals surface area contributed by atoms with E-state index in [1.807, 2.05) is 13.8 Å². The standard InChI is InChI=1S/C14H19N3O3/c1-10(2)14(3,9-15)16-12(18)8-20-13(19)11-6-5-7-17(11)4/h5-7,10H,8H2,1-4H3,(H,16,18)/t14-/m0/s1. The number of amides is 1. The van der Waals surface area contributed by atoms with Crippen molar-refractivity contribution in [3.05, 3.63) is 24.0 Å². The van der Waals surface area contributed by atoms with E-state index in [0.717, 1.165) is 0 Å². The molecule has 0 radical (unpaired) electrons. The van der Waals surface area contributed by atoms with Crippen LogP contribution in [0.25, 0.3) is 0 Å². The molecule has 20 heavy (non-hydrogen) atoms. The first-order chi connectivity index (χ1) is 9.30. The van der Waals surface area contributed by atoms with Crippen LogP contribution in [-0.4, -0.2) is 28.6 Å². The summed E-state index contributed by atoms with van der Waals surface area (Å²) < 4.78 is 6.52. The topological polar surface area (TPSA) is 84.1 Å². The Labute approximate surface area is 118 Å². The molecule has 0 aliphatic rings. The van der Waals surface area contributed by atoms with Gasteiger partial charge >= 0.3 is 5.97 Å². The average Bonchev–Trinajstić information content (AvgIpc) is 2.81. The van der Waals surface area contributed by atoms with Gasteiger partial charge in [0.05, 0.1) is 6.07 Å². The number of carbonyl (C=O) groups excluding carboxylic acids is 2. The van der Waals surface area contributed by atoms with Gasteiger partial charge in [-0.05, 0) is 25.0 Å². The molecule has 0 aromatic carbocycles. The molecule has 0 fully saturated rings. The number of esters is 1. The highest BCUT2D eigenvalue weighted by Gasteiger charge is 2.30. The van der Waals surface area contributed by atoms with Crippen LogP contribution in [0, 0.1) is 17.2 Å². The molecule has 108 valence electrons. The summed E-state index contributed by atoms with van der Waals surface area (Å²) in [6, 6.07) is 5.37. The first kappa shape index (κ1) is 15.8. The SMILES string of the molecule is CC(C)[C@](C)(C#N)NC(=O)COC(=O)c1cccn1C.